The van der Waals surface area contributed by atoms with E-state index in [0.717, 1.165) is 12.8 Å². The van der Waals surface area contributed by atoms with Crippen LogP contribution in [0.2, 0.25) is 0 Å². The van der Waals surface area contributed by atoms with Gasteiger partial charge in [0.15, 0.2) is 0 Å². The van der Waals surface area contributed by atoms with Crippen LogP contribution in [0.4, 0.5) is 5.95 Å². The van der Waals surface area contributed by atoms with Gasteiger partial charge in [-0.15, -0.1) is 0 Å². The van der Waals surface area contributed by atoms with E-state index in [1.54, 1.807) is 34.9 Å². The number of aryl methyl sites for hydroxylation is 1. The summed E-state index contributed by atoms with van der Waals surface area (Å²) in [5.74, 6) is 0.655. The van der Waals surface area contributed by atoms with Crippen LogP contribution in [0.1, 0.15) is 38.2 Å². The first-order valence-electron chi connectivity index (χ1n) is 9.72. The SMILES string of the molecule is CCCCCCc1ccc(S(=O)(=O)N2CCN(c3ncccn3)CC2)cc1. The molecule has 0 N–H and O–H groups in total. The van der Waals surface area contributed by atoms with Gasteiger partial charge in [-0.1, -0.05) is 38.3 Å². The number of anilines is 1. The van der Waals surface area contributed by atoms with E-state index in [4.69, 9.17) is 0 Å². The normalized spacial score (nSPS) is 15.8. The first-order chi connectivity index (χ1) is 13.1. The number of hydrogen-bond acceptors (Lipinski definition) is 5. The molecule has 0 atom stereocenters. The third kappa shape index (κ3) is 5.05. The van der Waals surface area contributed by atoms with Gasteiger partial charge in [-0.25, -0.2) is 18.4 Å². The number of aromatic nitrogens is 2. The van der Waals surface area contributed by atoms with Gasteiger partial charge in [0.05, 0.1) is 4.90 Å². The molecular formula is C20H28N4O2S. The Kier molecular flexibility index (Phi) is 6.79. The maximum Gasteiger partial charge on any atom is 0.243 e. The highest BCUT2D eigenvalue weighted by atomic mass is 32.2. The molecule has 2 heterocycles. The van der Waals surface area contributed by atoms with E-state index in [9.17, 15) is 8.42 Å². The molecular weight excluding hydrogens is 360 g/mol. The Morgan fingerprint density at radius 2 is 1.59 bits per heavy atom. The zero-order chi connectivity index (χ0) is 19.1. The van der Waals surface area contributed by atoms with Gasteiger partial charge in [0.1, 0.15) is 0 Å². The van der Waals surface area contributed by atoms with Gasteiger partial charge in [0, 0.05) is 38.6 Å². The number of unbranched alkanes of at least 4 members (excludes halogenated alkanes) is 3. The molecule has 0 radical (unpaired) electrons. The summed E-state index contributed by atoms with van der Waals surface area (Å²) >= 11 is 0. The van der Waals surface area contributed by atoms with Crippen molar-refractivity contribution in [2.75, 3.05) is 31.1 Å². The van der Waals surface area contributed by atoms with Gasteiger partial charge in [-0.3, -0.25) is 0 Å². The van der Waals surface area contributed by atoms with E-state index in [1.807, 2.05) is 17.0 Å². The summed E-state index contributed by atoms with van der Waals surface area (Å²) in [6.07, 6.45) is 9.28. The van der Waals surface area contributed by atoms with Crippen molar-refractivity contribution < 1.29 is 8.42 Å². The molecule has 0 unspecified atom stereocenters. The number of piperazine rings is 1. The fourth-order valence-corrected chi connectivity index (χ4v) is 4.74. The zero-order valence-corrected chi connectivity index (χ0v) is 16.7. The lowest BCUT2D eigenvalue weighted by Gasteiger charge is -2.33. The Labute approximate surface area is 162 Å². The lowest BCUT2D eigenvalue weighted by atomic mass is 10.1. The molecule has 0 aliphatic carbocycles. The highest BCUT2D eigenvalue weighted by Gasteiger charge is 2.29. The van der Waals surface area contributed by atoms with Crippen LogP contribution in [0.25, 0.3) is 0 Å². The van der Waals surface area contributed by atoms with Gasteiger partial charge in [-0.05, 0) is 36.6 Å². The minimum Gasteiger partial charge on any atom is -0.338 e. The van der Waals surface area contributed by atoms with Crippen molar-refractivity contribution in [2.45, 2.75) is 43.9 Å². The predicted molar refractivity (Wildman–Crippen MR) is 107 cm³/mol. The van der Waals surface area contributed by atoms with Crippen LogP contribution in [-0.4, -0.2) is 48.9 Å². The molecule has 6 nitrogen and oxygen atoms in total. The van der Waals surface area contributed by atoms with E-state index >= 15 is 0 Å². The van der Waals surface area contributed by atoms with Crippen molar-refractivity contribution in [1.29, 1.82) is 0 Å². The maximum absolute atomic E-state index is 12.9. The summed E-state index contributed by atoms with van der Waals surface area (Å²) in [6, 6.07) is 9.17. The largest absolute Gasteiger partial charge is 0.338 e. The van der Waals surface area contributed by atoms with E-state index in [0.29, 0.717) is 37.0 Å². The first-order valence-corrected chi connectivity index (χ1v) is 11.2. The zero-order valence-electron chi connectivity index (χ0n) is 15.9. The highest BCUT2D eigenvalue weighted by Crippen LogP contribution is 2.20. The molecule has 0 bridgehead atoms. The van der Waals surface area contributed by atoms with Crippen LogP contribution in [0, 0.1) is 0 Å². The Balaban J connectivity index is 1.58. The molecule has 2 aromatic rings. The summed E-state index contributed by atoms with van der Waals surface area (Å²) in [7, 11) is -3.45. The van der Waals surface area contributed by atoms with Crippen molar-refractivity contribution in [3.8, 4) is 0 Å². The summed E-state index contributed by atoms with van der Waals surface area (Å²) in [6.45, 7) is 4.28. The van der Waals surface area contributed by atoms with E-state index < -0.39 is 10.0 Å². The van der Waals surface area contributed by atoms with Crippen LogP contribution in [0.5, 0.6) is 0 Å². The predicted octanol–water partition coefficient (Wildman–Crippen LogP) is 3.11. The molecule has 146 valence electrons. The fraction of sp³-hybridized carbons (Fsp3) is 0.500. The van der Waals surface area contributed by atoms with Gasteiger partial charge < -0.3 is 4.90 Å². The van der Waals surface area contributed by atoms with Crippen molar-refractivity contribution in [3.63, 3.8) is 0 Å². The van der Waals surface area contributed by atoms with E-state index in [1.165, 1.54) is 24.8 Å². The Hall–Kier alpha value is -1.99. The van der Waals surface area contributed by atoms with Crippen molar-refractivity contribution in [1.82, 2.24) is 14.3 Å². The second kappa shape index (κ2) is 9.28. The third-order valence-corrected chi connectivity index (χ3v) is 6.87. The number of benzene rings is 1. The summed E-state index contributed by atoms with van der Waals surface area (Å²) in [5.41, 5.74) is 1.20. The Morgan fingerprint density at radius 1 is 0.926 bits per heavy atom. The minimum atomic E-state index is -3.45. The van der Waals surface area contributed by atoms with Crippen LogP contribution < -0.4 is 4.90 Å². The van der Waals surface area contributed by atoms with E-state index in [2.05, 4.69) is 16.9 Å². The lowest BCUT2D eigenvalue weighted by Crippen LogP contribution is -2.49. The molecule has 7 heteroatoms. The molecule has 0 saturated carbocycles. The standard InChI is InChI=1S/C20H28N4O2S/c1-2-3-4-5-7-18-8-10-19(11-9-18)27(25,26)24-16-14-23(15-17-24)20-21-12-6-13-22-20/h6,8-13H,2-5,7,14-17H2,1H3. The van der Waals surface area contributed by atoms with Crippen LogP contribution in [-0.2, 0) is 16.4 Å². The fourth-order valence-electron chi connectivity index (χ4n) is 3.32. The molecule has 1 fully saturated rings. The van der Waals surface area contributed by atoms with Crippen LogP contribution in [0.15, 0.2) is 47.6 Å². The van der Waals surface area contributed by atoms with Crippen LogP contribution in [0.3, 0.4) is 0 Å². The second-order valence-electron chi connectivity index (χ2n) is 6.89. The van der Waals surface area contributed by atoms with Gasteiger partial charge >= 0.3 is 0 Å². The summed E-state index contributed by atoms with van der Waals surface area (Å²) < 4.78 is 27.4. The smallest absolute Gasteiger partial charge is 0.243 e. The quantitative estimate of drug-likeness (QED) is 0.650. The summed E-state index contributed by atoms with van der Waals surface area (Å²) in [4.78, 5) is 10.9. The second-order valence-corrected chi connectivity index (χ2v) is 8.83. The van der Waals surface area contributed by atoms with Gasteiger partial charge in [0.2, 0.25) is 16.0 Å². The molecule has 3 rings (SSSR count). The number of hydrogen-bond donors (Lipinski definition) is 0. The molecule has 1 aliphatic rings. The molecule has 27 heavy (non-hydrogen) atoms. The monoisotopic (exact) mass is 388 g/mol. The molecule has 1 aliphatic heterocycles. The van der Waals surface area contributed by atoms with E-state index in [-0.39, 0.29) is 0 Å². The average molecular weight is 389 g/mol. The summed E-state index contributed by atoms with van der Waals surface area (Å²) in [5, 5.41) is 0. The number of rotatable bonds is 8. The Morgan fingerprint density at radius 3 is 2.22 bits per heavy atom. The van der Waals surface area contributed by atoms with Gasteiger partial charge in [-0.2, -0.15) is 4.31 Å². The highest BCUT2D eigenvalue weighted by molar-refractivity contribution is 7.89. The molecule has 1 aromatic heterocycles. The number of nitrogens with zero attached hydrogens (tertiary/aromatic N) is 4. The topological polar surface area (TPSA) is 66.4 Å². The molecule has 1 aromatic carbocycles. The molecule has 0 spiro atoms. The average Bonchev–Trinajstić information content (AvgIpc) is 2.72. The molecule has 0 amide bonds. The minimum absolute atomic E-state index is 0.379. The number of sulfonamides is 1. The third-order valence-electron chi connectivity index (χ3n) is 4.95. The van der Waals surface area contributed by atoms with Crippen molar-refractivity contribution >= 4 is 16.0 Å². The lowest BCUT2D eigenvalue weighted by molar-refractivity contribution is 0.382. The Bertz CT molecular complexity index is 802. The van der Waals surface area contributed by atoms with Crippen LogP contribution >= 0.6 is 0 Å². The van der Waals surface area contributed by atoms with Crippen molar-refractivity contribution in [2.24, 2.45) is 0 Å². The van der Waals surface area contributed by atoms with Crippen molar-refractivity contribution in [3.05, 3.63) is 48.3 Å². The first kappa shape index (κ1) is 19.8. The van der Waals surface area contributed by atoms with Gasteiger partial charge in [0.25, 0.3) is 0 Å². The molecule has 1 saturated heterocycles. The maximum atomic E-state index is 12.9.